The summed E-state index contributed by atoms with van der Waals surface area (Å²) in [6.45, 7) is 0. The molecule has 0 aromatic carbocycles. The summed E-state index contributed by atoms with van der Waals surface area (Å²) in [6, 6.07) is 0. The van der Waals surface area contributed by atoms with E-state index in [-0.39, 0.29) is 0 Å². The van der Waals surface area contributed by atoms with Gasteiger partial charge in [-0.25, -0.2) is 0 Å². The van der Waals surface area contributed by atoms with Gasteiger partial charge in [0.25, 0.3) is 0 Å². The second-order valence-electron chi connectivity index (χ2n) is 1.08. The molecule has 2 heterocycles. The predicted octanol–water partition coefficient (Wildman–Crippen LogP) is 1.78. The zero-order valence-electron chi connectivity index (χ0n) is 3.24. The third-order valence-electron chi connectivity index (χ3n) is 0.632. The van der Waals surface area contributed by atoms with Gasteiger partial charge in [-0.15, -0.1) is 8.93 Å². The number of fused-ring (bicyclic) bond motifs is 2. The molecule has 0 spiro atoms. The highest BCUT2D eigenvalue weighted by atomic mass is 32.2. The van der Waals surface area contributed by atoms with Crippen LogP contribution in [-0.2, 0) is 0 Å². The van der Waals surface area contributed by atoms with Crippen molar-refractivity contribution < 1.29 is 0 Å². The number of hydrogen-bond donors (Lipinski definition) is 0. The lowest BCUT2D eigenvalue weighted by molar-refractivity contribution is 0.773. The summed E-state index contributed by atoms with van der Waals surface area (Å²) in [7, 11) is 0. The Kier molecular flexibility index (Phi) is 0.631. The van der Waals surface area contributed by atoms with Crippen LogP contribution in [0.5, 0.6) is 0 Å². The third-order valence-corrected chi connectivity index (χ3v) is 2.46. The minimum atomic E-state index is 1.00. The molecule has 2 aliphatic rings. The number of rotatable bonds is 0. The molecule has 5 heteroatoms. The maximum Gasteiger partial charge on any atom is 0.152 e. The Labute approximate surface area is 49.1 Å². The van der Waals surface area contributed by atoms with Crippen molar-refractivity contribution in [3.63, 3.8) is 0 Å². The molecule has 0 aromatic rings. The van der Waals surface area contributed by atoms with Crippen molar-refractivity contribution in [2.24, 2.45) is 10.3 Å². The molecule has 0 N–H and O–H groups in total. The normalized spacial score (nSPS) is 24.0. The molecule has 0 fully saturated rings. The fourth-order valence-electron chi connectivity index (χ4n) is 0.375. The van der Waals surface area contributed by atoms with Crippen molar-refractivity contribution in [2.45, 2.75) is 0 Å². The molecular formula is C2HN3S2. The van der Waals surface area contributed by atoms with E-state index in [1.807, 2.05) is 5.41 Å². The van der Waals surface area contributed by atoms with E-state index < -0.39 is 0 Å². The van der Waals surface area contributed by atoms with Crippen LogP contribution in [0.3, 0.4) is 0 Å². The Morgan fingerprint density at radius 1 is 1.71 bits per heavy atom. The molecule has 0 unspecified atom stereocenters. The second kappa shape index (κ2) is 1.16. The predicted molar refractivity (Wildman–Crippen MR) is 30.0 cm³/mol. The maximum atomic E-state index is 3.76. The molecule has 0 amide bonds. The lowest BCUT2D eigenvalue weighted by Gasteiger charge is -1.95. The molecule has 36 valence electrons. The first kappa shape index (κ1) is 3.80. The van der Waals surface area contributed by atoms with Crippen LogP contribution in [0, 0.1) is 0 Å². The summed E-state index contributed by atoms with van der Waals surface area (Å²) in [5, 5.41) is 10.5. The summed E-state index contributed by atoms with van der Waals surface area (Å²) < 4.78 is 1.76. The first-order valence-electron chi connectivity index (χ1n) is 1.72. The topological polar surface area (TPSA) is 28.0 Å². The van der Waals surface area contributed by atoms with Gasteiger partial charge in [-0.3, -0.25) is 0 Å². The van der Waals surface area contributed by atoms with Gasteiger partial charge in [0, 0.05) is 29.3 Å². The van der Waals surface area contributed by atoms with Crippen LogP contribution in [0.25, 0.3) is 0 Å². The Bertz CT molecular complexity index is 151. The molecule has 0 aliphatic carbocycles. The fourth-order valence-corrected chi connectivity index (χ4v) is 1.82. The zero-order chi connectivity index (χ0) is 4.69. The summed E-state index contributed by atoms with van der Waals surface area (Å²) in [6.07, 6.45) is 0. The first-order valence-corrected chi connectivity index (χ1v) is 3.33. The van der Waals surface area contributed by atoms with Gasteiger partial charge in [-0.1, -0.05) is 0 Å². The Hall–Kier alpha value is -0.160. The van der Waals surface area contributed by atoms with Crippen molar-refractivity contribution >= 4 is 23.9 Å². The van der Waals surface area contributed by atoms with Crippen molar-refractivity contribution in [3.8, 4) is 0 Å². The smallest absolute Gasteiger partial charge is 0.150 e. The zero-order valence-corrected chi connectivity index (χ0v) is 4.87. The number of hydrogen-bond acceptors (Lipinski definition) is 5. The van der Waals surface area contributed by atoms with Crippen molar-refractivity contribution in [2.75, 3.05) is 0 Å². The molecule has 0 saturated carbocycles. The molecular weight excluding hydrogens is 130 g/mol. The lowest BCUT2D eigenvalue weighted by Crippen LogP contribution is -1.81. The Balaban J connectivity index is 2.45. The SMILES string of the molecule is C1=C2N=NN(S1)S2. The van der Waals surface area contributed by atoms with Crippen LogP contribution in [-0.4, -0.2) is 3.82 Å². The minimum Gasteiger partial charge on any atom is -0.150 e. The monoisotopic (exact) mass is 131 g/mol. The molecule has 0 atom stereocenters. The van der Waals surface area contributed by atoms with Crippen LogP contribution in [0.15, 0.2) is 20.8 Å². The van der Waals surface area contributed by atoms with Crippen molar-refractivity contribution in [3.05, 3.63) is 10.4 Å². The lowest BCUT2D eigenvalue weighted by atomic mass is 11.1. The van der Waals surface area contributed by atoms with Crippen LogP contribution in [0.2, 0.25) is 0 Å². The fraction of sp³-hybridized carbons (Fsp3) is 0. The van der Waals surface area contributed by atoms with E-state index in [1.165, 1.54) is 0 Å². The van der Waals surface area contributed by atoms with Crippen molar-refractivity contribution in [1.29, 1.82) is 0 Å². The van der Waals surface area contributed by atoms with Gasteiger partial charge in [0.05, 0.1) is 0 Å². The van der Waals surface area contributed by atoms with Gasteiger partial charge in [0.15, 0.2) is 5.03 Å². The average Bonchev–Trinajstić information content (AvgIpc) is 2.22. The Morgan fingerprint density at radius 2 is 2.71 bits per heavy atom. The molecule has 0 saturated heterocycles. The van der Waals surface area contributed by atoms with Crippen molar-refractivity contribution in [1.82, 2.24) is 3.82 Å². The van der Waals surface area contributed by atoms with E-state index in [1.54, 1.807) is 27.7 Å². The van der Waals surface area contributed by atoms with E-state index in [9.17, 15) is 0 Å². The van der Waals surface area contributed by atoms with Gasteiger partial charge in [-0.2, -0.15) is 0 Å². The molecule has 2 bridgehead atoms. The third kappa shape index (κ3) is 0.450. The second-order valence-corrected chi connectivity index (χ2v) is 3.05. The first-order chi connectivity index (χ1) is 3.45. The molecule has 0 aromatic heterocycles. The summed E-state index contributed by atoms with van der Waals surface area (Å²) >= 11 is 3.12. The molecule has 3 nitrogen and oxygen atoms in total. The molecule has 7 heavy (non-hydrogen) atoms. The molecule has 0 radical (unpaired) electrons. The highest BCUT2D eigenvalue weighted by Gasteiger charge is 2.20. The highest BCUT2D eigenvalue weighted by molar-refractivity contribution is 8.18. The highest BCUT2D eigenvalue weighted by Crippen LogP contribution is 2.44. The maximum absolute atomic E-state index is 3.76. The van der Waals surface area contributed by atoms with Gasteiger partial charge >= 0.3 is 0 Å². The molecule has 2 aliphatic heterocycles. The summed E-state index contributed by atoms with van der Waals surface area (Å²) in [4.78, 5) is 0. The van der Waals surface area contributed by atoms with Gasteiger partial charge in [0.1, 0.15) is 0 Å². The van der Waals surface area contributed by atoms with Gasteiger partial charge < -0.3 is 0 Å². The standard InChI is InChI=1S/C2HN3S2/c1-2-3-4-5(6-1)7-2/h1H. The quantitative estimate of drug-likeness (QED) is 0.469. The van der Waals surface area contributed by atoms with E-state index in [4.69, 9.17) is 0 Å². The summed E-state index contributed by atoms with van der Waals surface area (Å²) in [5.41, 5.74) is 0. The van der Waals surface area contributed by atoms with Crippen LogP contribution in [0.1, 0.15) is 0 Å². The largest absolute Gasteiger partial charge is 0.152 e. The van der Waals surface area contributed by atoms with E-state index in [2.05, 4.69) is 10.3 Å². The average molecular weight is 131 g/mol. The van der Waals surface area contributed by atoms with Crippen LogP contribution >= 0.6 is 23.9 Å². The van der Waals surface area contributed by atoms with Gasteiger partial charge in [-0.05, 0) is 5.22 Å². The van der Waals surface area contributed by atoms with E-state index in [0.29, 0.717) is 0 Å². The number of nitrogens with zero attached hydrogens (tertiary/aromatic N) is 3. The molecule has 2 rings (SSSR count). The van der Waals surface area contributed by atoms with Crippen LogP contribution in [0.4, 0.5) is 0 Å². The van der Waals surface area contributed by atoms with E-state index in [0.717, 1.165) is 5.03 Å². The Morgan fingerprint density at radius 3 is 2.86 bits per heavy atom. The van der Waals surface area contributed by atoms with Crippen LogP contribution < -0.4 is 0 Å². The minimum absolute atomic E-state index is 1.00. The van der Waals surface area contributed by atoms with E-state index >= 15 is 0 Å². The van der Waals surface area contributed by atoms with Gasteiger partial charge in [0.2, 0.25) is 0 Å². The summed E-state index contributed by atoms with van der Waals surface area (Å²) in [5.74, 6) is 0.